The quantitative estimate of drug-likeness (QED) is 0.370. The Hall–Kier alpha value is 0.760. The third kappa shape index (κ3) is 12.8. The van der Waals surface area contributed by atoms with Crippen molar-refractivity contribution in [2.45, 2.75) is 70.1 Å². The second-order valence-corrected chi connectivity index (χ2v) is 4.60. The van der Waals surface area contributed by atoms with E-state index in [9.17, 15) is 4.79 Å². The maximum atomic E-state index is 10.4. The van der Waals surface area contributed by atoms with Gasteiger partial charge in [-0.3, -0.25) is 4.79 Å². The molecule has 1 atom stereocenters. The Balaban J connectivity index is 0. The molecule has 16 heavy (non-hydrogen) atoms. The molecule has 0 radical (unpaired) electrons. The SMILES string of the molecule is CCCCCCCCCCC(Cl)C(=O)O.[NaH]. The van der Waals surface area contributed by atoms with Gasteiger partial charge in [0, 0.05) is 0 Å². The Morgan fingerprint density at radius 2 is 1.50 bits per heavy atom. The zero-order valence-electron chi connectivity index (χ0n) is 9.67. The van der Waals surface area contributed by atoms with E-state index in [1.807, 2.05) is 0 Å². The van der Waals surface area contributed by atoms with E-state index < -0.39 is 11.3 Å². The van der Waals surface area contributed by atoms with Gasteiger partial charge in [0.2, 0.25) is 0 Å². The first kappa shape index (κ1) is 19.1. The van der Waals surface area contributed by atoms with Crippen LogP contribution in [0.5, 0.6) is 0 Å². The number of hydrogen-bond acceptors (Lipinski definition) is 1. The summed E-state index contributed by atoms with van der Waals surface area (Å²) in [6.07, 6.45) is 10.4. The predicted molar refractivity (Wildman–Crippen MR) is 71.7 cm³/mol. The van der Waals surface area contributed by atoms with Crippen LogP contribution in [0.15, 0.2) is 0 Å². The van der Waals surface area contributed by atoms with Crippen molar-refractivity contribution in [3.05, 3.63) is 0 Å². The summed E-state index contributed by atoms with van der Waals surface area (Å²) in [7, 11) is 0. The van der Waals surface area contributed by atoms with Crippen molar-refractivity contribution in [2.24, 2.45) is 0 Å². The van der Waals surface area contributed by atoms with Crippen LogP contribution in [0.25, 0.3) is 0 Å². The topological polar surface area (TPSA) is 37.3 Å². The van der Waals surface area contributed by atoms with Gasteiger partial charge in [0.15, 0.2) is 0 Å². The number of carbonyl (C=O) groups is 1. The van der Waals surface area contributed by atoms with E-state index in [2.05, 4.69) is 6.92 Å². The number of alkyl halides is 1. The average Bonchev–Trinajstić information content (AvgIpc) is 2.21. The van der Waals surface area contributed by atoms with Gasteiger partial charge in [-0.1, -0.05) is 58.3 Å². The number of unbranched alkanes of at least 4 members (excludes halogenated alkanes) is 7. The zero-order chi connectivity index (χ0) is 11.5. The number of halogens is 1. The van der Waals surface area contributed by atoms with Crippen molar-refractivity contribution in [2.75, 3.05) is 0 Å². The molecule has 2 nitrogen and oxygen atoms in total. The van der Waals surface area contributed by atoms with Gasteiger partial charge in [-0.05, 0) is 6.42 Å². The third-order valence-electron chi connectivity index (χ3n) is 2.58. The first-order valence-electron chi connectivity index (χ1n) is 6.05. The Bertz CT molecular complexity index is 165. The fourth-order valence-electron chi connectivity index (χ4n) is 1.58. The molecule has 0 aromatic rings. The molecule has 0 bridgehead atoms. The van der Waals surface area contributed by atoms with Crippen LogP contribution in [0.1, 0.15) is 64.7 Å². The van der Waals surface area contributed by atoms with Gasteiger partial charge in [0.25, 0.3) is 0 Å². The van der Waals surface area contributed by atoms with E-state index in [0.29, 0.717) is 6.42 Å². The minimum atomic E-state index is -0.889. The number of carboxylic acids is 1. The number of carboxylic acid groups (broad SMARTS) is 1. The van der Waals surface area contributed by atoms with Gasteiger partial charge in [-0.2, -0.15) is 0 Å². The van der Waals surface area contributed by atoms with Gasteiger partial charge < -0.3 is 5.11 Å². The van der Waals surface area contributed by atoms with Crippen molar-refractivity contribution in [3.8, 4) is 0 Å². The molecule has 0 fully saturated rings. The molecular formula is C12H24ClNaO2. The Labute approximate surface area is 126 Å². The van der Waals surface area contributed by atoms with Crippen LogP contribution >= 0.6 is 11.6 Å². The molecule has 4 heteroatoms. The van der Waals surface area contributed by atoms with Crippen LogP contribution in [0.4, 0.5) is 0 Å². The van der Waals surface area contributed by atoms with E-state index >= 15 is 0 Å². The average molecular weight is 259 g/mol. The van der Waals surface area contributed by atoms with Crippen molar-refractivity contribution < 1.29 is 9.90 Å². The summed E-state index contributed by atoms with van der Waals surface area (Å²) in [5, 5.41) is 7.86. The molecule has 0 aliphatic carbocycles. The molecule has 0 aliphatic heterocycles. The fourth-order valence-corrected chi connectivity index (χ4v) is 1.74. The molecule has 0 amide bonds. The van der Waals surface area contributed by atoms with Gasteiger partial charge >= 0.3 is 35.5 Å². The van der Waals surface area contributed by atoms with Crippen molar-refractivity contribution in [1.29, 1.82) is 0 Å². The Morgan fingerprint density at radius 1 is 1.06 bits per heavy atom. The summed E-state index contributed by atoms with van der Waals surface area (Å²) in [5.74, 6) is -0.889. The normalized spacial score (nSPS) is 11.9. The maximum absolute atomic E-state index is 10.4. The van der Waals surface area contributed by atoms with E-state index in [1.54, 1.807) is 0 Å². The molecule has 0 rings (SSSR count). The number of hydrogen-bond donors (Lipinski definition) is 1. The second-order valence-electron chi connectivity index (χ2n) is 4.07. The minimum absolute atomic E-state index is 0. The van der Waals surface area contributed by atoms with E-state index in [-0.39, 0.29) is 29.6 Å². The molecule has 0 aromatic heterocycles. The molecule has 0 saturated carbocycles. The number of rotatable bonds is 10. The first-order valence-corrected chi connectivity index (χ1v) is 6.49. The molecular weight excluding hydrogens is 235 g/mol. The summed E-state index contributed by atoms with van der Waals surface area (Å²) >= 11 is 5.60. The molecule has 92 valence electrons. The molecule has 0 aliphatic rings. The standard InChI is InChI=1S/C12H23ClO2.Na.H/c1-2-3-4-5-6-7-8-9-10-11(13)12(14)15;;/h11H,2-10H2,1H3,(H,14,15);;. The summed E-state index contributed by atoms with van der Waals surface area (Å²) < 4.78 is 0. The first-order chi connectivity index (χ1) is 7.18. The van der Waals surface area contributed by atoms with Crippen LogP contribution in [0, 0.1) is 0 Å². The Morgan fingerprint density at radius 3 is 1.94 bits per heavy atom. The van der Waals surface area contributed by atoms with Crippen molar-refractivity contribution >= 4 is 47.1 Å². The van der Waals surface area contributed by atoms with E-state index in [1.165, 1.54) is 38.5 Å². The van der Waals surface area contributed by atoms with Crippen LogP contribution in [0.3, 0.4) is 0 Å². The van der Waals surface area contributed by atoms with E-state index in [0.717, 1.165) is 12.8 Å². The molecule has 1 unspecified atom stereocenters. The Kier molecular flexibility index (Phi) is 16.5. The van der Waals surface area contributed by atoms with Gasteiger partial charge in [0.1, 0.15) is 5.38 Å². The molecule has 0 spiro atoms. The molecule has 1 N–H and O–H groups in total. The van der Waals surface area contributed by atoms with Crippen LogP contribution in [-0.2, 0) is 4.79 Å². The van der Waals surface area contributed by atoms with Gasteiger partial charge in [-0.15, -0.1) is 11.6 Å². The van der Waals surface area contributed by atoms with E-state index in [4.69, 9.17) is 16.7 Å². The summed E-state index contributed by atoms with van der Waals surface area (Å²) in [6.45, 7) is 2.21. The molecule has 0 saturated heterocycles. The molecule has 0 aromatic carbocycles. The van der Waals surface area contributed by atoms with Crippen LogP contribution in [0.2, 0.25) is 0 Å². The predicted octanol–water partition coefficient (Wildman–Crippen LogP) is 3.56. The van der Waals surface area contributed by atoms with Crippen LogP contribution < -0.4 is 0 Å². The zero-order valence-corrected chi connectivity index (χ0v) is 10.4. The monoisotopic (exact) mass is 258 g/mol. The third-order valence-corrected chi connectivity index (χ3v) is 2.98. The number of aliphatic carboxylic acids is 1. The van der Waals surface area contributed by atoms with Crippen molar-refractivity contribution in [1.82, 2.24) is 0 Å². The summed E-state index contributed by atoms with van der Waals surface area (Å²) in [5.41, 5.74) is 0. The summed E-state index contributed by atoms with van der Waals surface area (Å²) in [4.78, 5) is 10.4. The van der Waals surface area contributed by atoms with Crippen LogP contribution in [-0.4, -0.2) is 46.0 Å². The van der Waals surface area contributed by atoms with Crippen molar-refractivity contribution in [3.63, 3.8) is 0 Å². The fraction of sp³-hybridized carbons (Fsp3) is 0.917. The van der Waals surface area contributed by atoms with Gasteiger partial charge in [0.05, 0.1) is 0 Å². The summed E-state index contributed by atoms with van der Waals surface area (Å²) in [6, 6.07) is 0. The second kappa shape index (κ2) is 13.8. The van der Waals surface area contributed by atoms with Gasteiger partial charge in [-0.25, -0.2) is 0 Å². The molecule has 0 heterocycles.